The lowest BCUT2D eigenvalue weighted by molar-refractivity contribution is 0.0956. The van der Waals surface area contributed by atoms with Gasteiger partial charge in [0.2, 0.25) is 0 Å². The predicted octanol–water partition coefficient (Wildman–Crippen LogP) is 0.742. The van der Waals surface area contributed by atoms with E-state index in [9.17, 15) is 13.2 Å². The maximum absolute atomic E-state index is 11.7. The number of sulfone groups is 1. The highest BCUT2D eigenvalue weighted by atomic mass is 32.2. The highest BCUT2D eigenvalue weighted by Crippen LogP contribution is 2.12. The van der Waals surface area contributed by atoms with Gasteiger partial charge >= 0.3 is 0 Å². The molecule has 1 rings (SSSR count). The van der Waals surface area contributed by atoms with Gasteiger partial charge in [-0.05, 0) is 30.7 Å². The van der Waals surface area contributed by atoms with Crippen molar-refractivity contribution in [3.8, 4) is 0 Å². The third-order valence-corrected chi connectivity index (χ3v) is 4.38. The number of amides is 1. The minimum atomic E-state index is -3.05. The highest BCUT2D eigenvalue weighted by molar-refractivity contribution is 7.91. The quantitative estimate of drug-likeness (QED) is 0.772. The molecule has 0 saturated heterocycles. The summed E-state index contributed by atoms with van der Waals surface area (Å²) in [5.74, 6) is -0.239. The summed E-state index contributed by atoms with van der Waals surface area (Å²) in [5, 5.41) is 2.58. The average molecular weight is 270 g/mol. The van der Waals surface area contributed by atoms with Crippen molar-refractivity contribution in [2.45, 2.75) is 13.8 Å². The Morgan fingerprint density at radius 2 is 2.06 bits per heavy atom. The van der Waals surface area contributed by atoms with E-state index >= 15 is 0 Å². The van der Waals surface area contributed by atoms with Gasteiger partial charge in [0, 0.05) is 23.5 Å². The Bertz CT molecular complexity index is 538. The molecule has 0 aliphatic carbocycles. The Labute approximate surface area is 107 Å². The molecule has 0 saturated carbocycles. The molecule has 100 valence electrons. The van der Waals surface area contributed by atoms with Gasteiger partial charge in [-0.25, -0.2) is 8.42 Å². The number of aryl methyl sites for hydroxylation is 1. The summed E-state index contributed by atoms with van der Waals surface area (Å²) in [5.41, 5.74) is 7.58. The van der Waals surface area contributed by atoms with Crippen LogP contribution in [0.25, 0.3) is 0 Å². The Hall–Kier alpha value is -1.56. The first-order valence-electron chi connectivity index (χ1n) is 5.70. The van der Waals surface area contributed by atoms with Crippen molar-refractivity contribution in [3.05, 3.63) is 29.3 Å². The highest BCUT2D eigenvalue weighted by Gasteiger charge is 2.10. The van der Waals surface area contributed by atoms with Crippen LogP contribution in [-0.2, 0) is 9.84 Å². The van der Waals surface area contributed by atoms with Gasteiger partial charge < -0.3 is 11.1 Å². The number of nitrogen functional groups attached to an aromatic ring is 1. The van der Waals surface area contributed by atoms with Crippen molar-refractivity contribution in [2.24, 2.45) is 0 Å². The molecule has 1 amide bonds. The van der Waals surface area contributed by atoms with Crippen LogP contribution in [0.2, 0.25) is 0 Å². The lowest BCUT2D eigenvalue weighted by atomic mass is 10.1. The van der Waals surface area contributed by atoms with Crippen LogP contribution in [0.15, 0.2) is 18.2 Å². The second-order valence-electron chi connectivity index (χ2n) is 4.06. The van der Waals surface area contributed by atoms with Crippen LogP contribution in [0.5, 0.6) is 0 Å². The van der Waals surface area contributed by atoms with Crippen LogP contribution in [0.1, 0.15) is 22.8 Å². The molecule has 0 bridgehead atoms. The molecule has 0 radical (unpaired) electrons. The molecule has 0 aliphatic rings. The van der Waals surface area contributed by atoms with Crippen LogP contribution in [0, 0.1) is 6.92 Å². The van der Waals surface area contributed by atoms with Gasteiger partial charge in [-0.3, -0.25) is 4.79 Å². The molecule has 5 nitrogen and oxygen atoms in total. The summed E-state index contributed by atoms with van der Waals surface area (Å²) in [6.07, 6.45) is 0. The number of hydrogen-bond donors (Lipinski definition) is 2. The molecule has 0 spiro atoms. The molecule has 1 aromatic carbocycles. The third-order valence-electron chi connectivity index (χ3n) is 2.67. The van der Waals surface area contributed by atoms with E-state index in [2.05, 4.69) is 5.32 Å². The van der Waals surface area contributed by atoms with Gasteiger partial charge in [-0.1, -0.05) is 6.92 Å². The molecule has 0 atom stereocenters. The number of rotatable bonds is 5. The Balaban J connectivity index is 2.58. The fraction of sp³-hybridized carbons (Fsp3) is 0.417. The van der Waals surface area contributed by atoms with Crippen molar-refractivity contribution in [2.75, 3.05) is 23.8 Å². The zero-order valence-electron chi connectivity index (χ0n) is 10.6. The summed E-state index contributed by atoms with van der Waals surface area (Å²) < 4.78 is 22.5. The lowest BCUT2D eigenvalue weighted by Crippen LogP contribution is -2.29. The fourth-order valence-corrected chi connectivity index (χ4v) is 2.09. The first kappa shape index (κ1) is 14.5. The van der Waals surface area contributed by atoms with E-state index in [1.165, 1.54) is 0 Å². The van der Waals surface area contributed by atoms with Gasteiger partial charge in [0.15, 0.2) is 9.84 Å². The monoisotopic (exact) mass is 270 g/mol. The maximum atomic E-state index is 11.7. The summed E-state index contributed by atoms with van der Waals surface area (Å²) in [7, 11) is -3.05. The number of anilines is 1. The van der Waals surface area contributed by atoms with Crippen molar-refractivity contribution in [1.82, 2.24) is 5.32 Å². The largest absolute Gasteiger partial charge is 0.399 e. The molecular formula is C12H18N2O3S. The maximum Gasteiger partial charge on any atom is 0.251 e. The van der Waals surface area contributed by atoms with Crippen LogP contribution in [0.4, 0.5) is 5.69 Å². The van der Waals surface area contributed by atoms with E-state index in [-0.39, 0.29) is 24.0 Å². The molecular weight excluding hydrogens is 252 g/mol. The molecule has 6 heteroatoms. The first-order valence-corrected chi connectivity index (χ1v) is 7.52. The Morgan fingerprint density at radius 3 is 2.61 bits per heavy atom. The molecule has 0 fully saturated rings. The Kier molecular flexibility index (Phi) is 4.72. The minimum Gasteiger partial charge on any atom is -0.399 e. The van der Waals surface area contributed by atoms with Gasteiger partial charge in [0.05, 0.1) is 5.75 Å². The van der Waals surface area contributed by atoms with E-state index in [4.69, 9.17) is 5.73 Å². The zero-order valence-corrected chi connectivity index (χ0v) is 11.4. The number of carbonyl (C=O) groups is 1. The Morgan fingerprint density at radius 1 is 1.39 bits per heavy atom. The molecule has 0 heterocycles. The topological polar surface area (TPSA) is 89.3 Å². The number of hydrogen-bond acceptors (Lipinski definition) is 4. The molecule has 3 N–H and O–H groups in total. The van der Waals surface area contributed by atoms with Crippen LogP contribution in [0.3, 0.4) is 0 Å². The van der Waals surface area contributed by atoms with E-state index < -0.39 is 9.84 Å². The number of benzene rings is 1. The molecule has 0 unspecified atom stereocenters. The van der Waals surface area contributed by atoms with Crippen molar-refractivity contribution in [3.63, 3.8) is 0 Å². The summed E-state index contributed by atoms with van der Waals surface area (Å²) in [6.45, 7) is 3.52. The summed E-state index contributed by atoms with van der Waals surface area (Å²) in [4.78, 5) is 11.7. The molecule has 18 heavy (non-hydrogen) atoms. The van der Waals surface area contributed by atoms with E-state index in [0.29, 0.717) is 11.3 Å². The third kappa shape index (κ3) is 4.03. The second kappa shape index (κ2) is 5.86. The lowest BCUT2D eigenvalue weighted by Gasteiger charge is -2.07. The standard InChI is InChI=1S/C12H18N2O3S/c1-3-18(16,17)7-6-14-12(15)10-4-5-11(13)9(2)8-10/h4-5,8H,3,6-7,13H2,1-2H3,(H,14,15). The van der Waals surface area contributed by atoms with Crippen LogP contribution >= 0.6 is 0 Å². The van der Waals surface area contributed by atoms with E-state index in [1.54, 1.807) is 25.1 Å². The van der Waals surface area contributed by atoms with Gasteiger partial charge in [0.25, 0.3) is 5.91 Å². The normalized spacial score (nSPS) is 11.2. The minimum absolute atomic E-state index is 0.0385. The smallest absolute Gasteiger partial charge is 0.251 e. The number of nitrogens with one attached hydrogen (secondary N) is 1. The first-order chi connectivity index (χ1) is 8.35. The molecule has 0 aliphatic heterocycles. The molecule has 0 aromatic heterocycles. The SMILES string of the molecule is CCS(=O)(=O)CCNC(=O)c1ccc(N)c(C)c1. The van der Waals surface area contributed by atoms with Gasteiger partial charge in [-0.15, -0.1) is 0 Å². The fourth-order valence-electron chi connectivity index (χ4n) is 1.38. The number of carbonyl (C=O) groups excluding carboxylic acids is 1. The van der Waals surface area contributed by atoms with Crippen molar-refractivity contribution < 1.29 is 13.2 Å². The zero-order chi connectivity index (χ0) is 13.8. The number of nitrogens with two attached hydrogens (primary N) is 1. The van der Waals surface area contributed by atoms with Gasteiger partial charge in [-0.2, -0.15) is 0 Å². The summed E-state index contributed by atoms with van der Waals surface area (Å²) >= 11 is 0. The van der Waals surface area contributed by atoms with Gasteiger partial charge in [0.1, 0.15) is 0 Å². The van der Waals surface area contributed by atoms with Crippen LogP contribution in [-0.4, -0.2) is 32.4 Å². The van der Waals surface area contributed by atoms with Crippen LogP contribution < -0.4 is 11.1 Å². The molecule has 1 aromatic rings. The predicted molar refractivity (Wildman–Crippen MR) is 72.3 cm³/mol. The average Bonchev–Trinajstić information content (AvgIpc) is 2.32. The van der Waals surface area contributed by atoms with Crippen molar-refractivity contribution >= 4 is 21.4 Å². The summed E-state index contributed by atoms with van der Waals surface area (Å²) in [6, 6.07) is 4.96. The van der Waals surface area contributed by atoms with Crippen molar-refractivity contribution in [1.29, 1.82) is 0 Å². The van der Waals surface area contributed by atoms with E-state index in [1.807, 2.05) is 6.92 Å². The second-order valence-corrected chi connectivity index (χ2v) is 6.54. The van der Waals surface area contributed by atoms with E-state index in [0.717, 1.165) is 5.56 Å².